The van der Waals surface area contributed by atoms with Crippen molar-refractivity contribution in [2.24, 2.45) is 0 Å². The number of benzene rings is 1. The SMILES string of the molecule is COC(=O)C(NCC(F)(F)F)c1cc(Br)ccc1OC. The molecule has 1 N–H and O–H groups in total. The van der Waals surface area contributed by atoms with Gasteiger partial charge in [0, 0.05) is 10.0 Å². The molecule has 0 radical (unpaired) electrons. The van der Waals surface area contributed by atoms with E-state index < -0.39 is 24.7 Å². The summed E-state index contributed by atoms with van der Waals surface area (Å²) in [5.74, 6) is -0.538. The van der Waals surface area contributed by atoms with Crippen LogP contribution in [0.4, 0.5) is 13.2 Å². The monoisotopic (exact) mass is 355 g/mol. The summed E-state index contributed by atoms with van der Waals surface area (Å²) in [5, 5.41) is 2.13. The van der Waals surface area contributed by atoms with E-state index in [0.717, 1.165) is 7.11 Å². The highest BCUT2D eigenvalue weighted by Gasteiger charge is 2.32. The Morgan fingerprint density at radius 2 is 2.05 bits per heavy atom. The number of carbonyl (C=O) groups is 1. The fourth-order valence-electron chi connectivity index (χ4n) is 1.59. The summed E-state index contributed by atoms with van der Waals surface area (Å²) in [6, 6.07) is 3.43. The Morgan fingerprint density at radius 3 is 2.55 bits per heavy atom. The summed E-state index contributed by atoms with van der Waals surface area (Å²) in [6.45, 7) is -1.32. The molecule has 1 atom stereocenters. The van der Waals surface area contributed by atoms with Crippen LogP contribution in [-0.4, -0.2) is 32.9 Å². The average Bonchev–Trinajstić information content (AvgIpc) is 2.37. The summed E-state index contributed by atoms with van der Waals surface area (Å²) in [4.78, 5) is 11.7. The van der Waals surface area contributed by atoms with Gasteiger partial charge in [0.15, 0.2) is 0 Å². The van der Waals surface area contributed by atoms with Crippen molar-refractivity contribution in [3.05, 3.63) is 28.2 Å². The quantitative estimate of drug-likeness (QED) is 0.825. The van der Waals surface area contributed by atoms with Crippen LogP contribution in [0.5, 0.6) is 5.75 Å². The minimum atomic E-state index is -4.44. The van der Waals surface area contributed by atoms with Crippen LogP contribution in [0.3, 0.4) is 0 Å². The Kier molecular flexibility index (Phi) is 5.82. The molecule has 0 saturated heterocycles. The van der Waals surface area contributed by atoms with Crippen LogP contribution >= 0.6 is 15.9 Å². The average molecular weight is 356 g/mol. The number of carbonyl (C=O) groups excluding carboxylic acids is 1. The zero-order valence-electron chi connectivity index (χ0n) is 10.8. The number of rotatable bonds is 5. The third kappa shape index (κ3) is 4.68. The smallest absolute Gasteiger partial charge is 0.401 e. The molecule has 0 bridgehead atoms. The number of ether oxygens (including phenoxy) is 2. The summed E-state index contributed by atoms with van der Waals surface area (Å²) in [6.07, 6.45) is -4.44. The van der Waals surface area contributed by atoms with E-state index in [2.05, 4.69) is 26.0 Å². The van der Waals surface area contributed by atoms with Crippen LogP contribution in [0.1, 0.15) is 11.6 Å². The van der Waals surface area contributed by atoms with Crippen molar-refractivity contribution in [3.63, 3.8) is 0 Å². The van der Waals surface area contributed by atoms with Gasteiger partial charge in [-0.3, -0.25) is 5.32 Å². The van der Waals surface area contributed by atoms with Gasteiger partial charge in [-0.2, -0.15) is 13.2 Å². The number of hydrogen-bond acceptors (Lipinski definition) is 4. The Hall–Kier alpha value is -1.28. The molecule has 0 heterocycles. The van der Waals surface area contributed by atoms with Crippen molar-refractivity contribution >= 4 is 21.9 Å². The molecule has 112 valence electrons. The summed E-state index contributed by atoms with van der Waals surface area (Å²) >= 11 is 3.20. The maximum Gasteiger partial charge on any atom is 0.401 e. The zero-order chi connectivity index (χ0) is 15.3. The molecule has 0 aliphatic heterocycles. The van der Waals surface area contributed by atoms with Gasteiger partial charge in [0.25, 0.3) is 0 Å². The zero-order valence-corrected chi connectivity index (χ0v) is 12.3. The molecular formula is C12H13BrF3NO3. The summed E-state index contributed by atoms with van der Waals surface area (Å²) in [7, 11) is 2.47. The van der Waals surface area contributed by atoms with E-state index >= 15 is 0 Å². The van der Waals surface area contributed by atoms with Crippen LogP contribution in [0.15, 0.2) is 22.7 Å². The van der Waals surface area contributed by atoms with Gasteiger partial charge in [-0.05, 0) is 18.2 Å². The van der Waals surface area contributed by atoms with Crippen molar-refractivity contribution in [3.8, 4) is 5.75 Å². The number of esters is 1. The highest BCUT2D eigenvalue weighted by molar-refractivity contribution is 9.10. The second-order valence-electron chi connectivity index (χ2n) is 3.84. The number of alkyl halides is 3. The van der Waals surface area contributed by atoms with Crippen molar-refractivity contribution in [2.75, 3.05) is 20.8 Å². The van der Waals surface area contributed by atoms with E-state index in [4.69, 9.17) is 4.74 Å². The minimum Gasteiger partial charge on any atom is -0.496 e. The van der Waals surface area contributed by atoms with Gasteiger partial charge in [0.05, 0.1) is 20.8 Å². The molecule has 0 saturated carbocycles. The van der Waals surface area contributed by atoms with Crippen LogP contribution in [0, 0.1) is 0 Å². The first kappa shape index (κ1) is 16.8. The molecule has 0 aliphatic rings. The molecule has 1 aromatic carbocycles. The van der Waals surface area contributed by atoms with Gasteiger partial charge in [-0.1, -0.05) is 15.9 Å². The van der Waals surface area contributed by atoms with Gasteiger partial charge in [-0.15, -0.1) is 0 Å². The molecule has 1 unspecified atom stereocenters. The maximum atomic E-state index is 12.3. The molecule has 20 heavy (non-hydrogen) atoms. The molecule has 0 fully saturated rings. The van der Waals surface area contributed by atoms with Crippen LogP contribution in [-0.2, 0) is 9.53 Å². The lowest BCUT2D eigenvalue weighted by Gasteiger charge is -2.20. The lowest BCUT2D eigenvalue weighted by molar-refractivity contribution is -0.146. The van der Waals surface area contributed by atoms with Crippen LogP contribution < -0.4 is 10.1 Å². The van der Waals surface area contributed by atoms with Gasteiger partial charge in [-0.25, -0.2) is 4.79 Å². The molecule has 1 rings (SSSR count). The van der Waals surface area contributed by atoms with Gasteiger partial charge in [0.2, 0.25) is 0 Å². The van der Waals surface area contributed by atoms with E-state index in [1.165, 1.54) is 13.2 Å². The number of nitrogens with one attached hydrogen (secondary N) is 1. The van der Waals surface area contributed by atoms with E-state index in [-0.39, 0.29) is 5.56 Å². The summed E-state index contributed by atoms with van der Waals surface area (Å²) < 4.78 is 47.1. The Morgan fingerprint density at radius 1 is 1.40 bits per heavy atom. The Balaban J connectivity index is 3.10. The first-order valence-electron chi connectivity index (χ1n) is 5.50. The molecule has 8 heteroatoms. The Labute approximate surface area is 122 Å². The third-order valence-corrected chi connectivity index (χ3v) is 2.94. The molecule has 1 aromatic rings. The Bertz CT molecular complexity index is 480. The second kappa shape index (κ2) is 6.94. The lowest BCUT2D eigenvalue weighted by atomic mass is 10.1. The number of halogens is 4. The minimum absolute atomic E-state index is 0.262. The highest BCUT2D eigenvalue weighted by Crippen LogP contribution is 2.30. The number of hydrogen-bond donors (Lipinski definition) is 1. The molecule has 0 spiro atoms. The van der Waals surface area contributed by atoms with Gasteiger partial charge < -0.3 is 9.47 Å². The standard InChI is InChI=1S/C12H13BrF3NO3/c1-19-9-4-3-7(13)5-8(9)10(11(18)20-2)17-6-12(14,15)16/h3-5,10,17H,6H2,1-2H3. The van der Waals surface area contributed by atoms with E-state index in [1.54, 1.807) is 12.1 Å². The maximum absolute atomic E-state index is 12.3. The van der Waals surface area contributed by atoms with E-state index in [0.29, 0.717) is 10.2 Å². The normalized spacial score (nSPS) is 12.9. The molecule has 0 amide bonds. The van der Waals surface area contributed by atoms with Crippen molar-refractivity contribution < 1.29 is 27.4 Å². The molecule has 0 aromatic heterocycles. The van der Waals surface area contributed by atoms with Crippen molar-refractivity contribution in [1.82, 2.24) is 5.32 Å². The number of methoxy groups -OCH3 is 2. The third-order valence-electron chi connectivity index (χ3n) is 2.45. The van der Waals surface area contributed by atoms with E-state index in [1.807, 2.05) is 0 Å². The highest BCUT2D eigenvalue weighted by atomic mass is 79.9. The van der Waals surface area contributed by atoms with Crippen molar-refractivity contribution in [1.29, 1.82) is 0 Å². The predicted molar refractivity (Wildman–Crippen MR) is 69.5 cm³/mol. The van der Waals surface area contributed by atoms with Gasteiger partial charge >= 0.3 is 12.1 Å². The van der Waals surface area contributed by atoms with E-state index in [9.17, 15) is 18.0 Å². The van der Waals surface area contributed by atoms with Crippen LogP contribution in [0.2, 0.25) is 0 Å². The van der Waals surface area contributed by atoms with Crippen LogP contribution in [0.25, 0.3) is 0 Å². The summed E-state index contributed by atoms with van der Waals surface area (Å²) in [5.41, 5.74) is 0.262. The largest absolute Gasteiger partial charge is 0.496 e. The molecule has 4 nitrogen and oxygen atoms in total. The topological polar surface area (TPSA) is 47.6 Å². The second-order valence-corrected chi connectivity index (χ2v) is 4.75. The first-order valence-corrected chi connectivity index (χ1v) is 6.29. The molecular weight excluding hydrogens is 343 g/mol. The fourth-order valence-corrected chi connectivity index (χ4v) is 1.97. The first-order chi connectivity index (χ1) is 9.28. The molecule has 0 aliphatic carbocycles. The van der Waals surface area contributed by atoms with Gasteiger partial charge in [0.1, 0.15) is 11.8 Å². The van der Waals surface area contributed by atoms with Crippen molar-refractivity contribution in [2.45, 2.75) is 12.2 Å². The predicted octanol–water partition coefficient (Wildman–Crippen LogP) is 2.82. The fraction of sp³-hybridized carbons (Fsp3) is 0.417. The lowest BCUT2D eigenvalue weighted by Crippen LogP contribution is -2.36.